The third kappa shape index (κ3) is 9.80. The van der Waals surface area contributed by atoms with Gasteiger partial charge in [-0.25, -0.2) is 13.8 Å². The second-order valence-electron chi connectivity index (χ2n) is 10.5. The Morgan fingerprint density at radius 2 is 1.53 bits per heavy atom. The normalized spacial score (nSPS) is 13.6. The van der Waals surface area contributed by atoms with Gasteiger partial charge in [0.2, 0.25) is 5.91 Å². The lowest BCUT2D eigenvalue weighted by Crippen LogP contribution is -2.39. The molecule has 13 heteroatoms. The number of hydrogen-bond donors (Lipinski definition) is 3. The van der Waals surface area contributed by atoms with Crippen molar-refractivity contribution in [1.82, 2.24) is 10.7 Å². The largest absolute Gasteiger partial charge is 0.497 e. The summed E-state index contributed by atoms with van der Waals surface area (Å²) in [5.74, 6) is -0.0853. The number of ether oxygens (including phenoxy) is 2. The highest BCUT2D eigenvalue weighted by atomic mass is 32.2. The number of amides is 3. The molecule has 0 saturated heterocycles. The van der Waals surface area contributed by atoms with Gasteiger partial charge in [-0.05, 0) is 91.2 Å². The predicted molar refractivity (Wildman–Crippen MR) is 171 cm³/mol. The van der Waals surface area contributed by atoms with Gasteiger partial charge in [-0.2, -0.15) is 5.10 Å². The molecule has 3 aromatic carbocycles. The molecule has 0 unspecified atom stereocenters. The molecule has 0 radical (unpaired) electrons. The maximum absolute atomic E-state index is 13.6. The lowest BCUT2D eigenvalue weighted by atomic mass is 9.95. The molecule has 3 amide bonds. The standard InChI is InChI=1S/C32H37N5O7S/c1-23(38)34-26-10-18-30(19-11-26)45(41,42)37(27-12-16-28(43-2)17-13-27)21-31(39)36-33-20-24-8-14-29(15-9-24)44-22-32(40)35-25-6-4-3-5-7-25/h8-20,25H,3-7,21-22H2,1-2H3,(H,34,38)(H,35,40)(H,36,39)/b33-20-. The van der Waals surface area contributed by atoms with Gasteiger partial charge in [0.25, 0.3) is 21.8 Å². The molecule has 0 bridgehead atoms. The number of nitrogens with zero attached hydrogens (tertiary/aromatic N) is 2. The maximum Gasteiger partial charge on any atom is 0.264 e. The highest BCUT2D eigenvalue weighted by Crippen LogP contribution is 2.26. The highest BCUT2D eigenvalue weighted by molar-refractivity contribution is 7.92. The first-order valence-corrected chi connectivity index (χ1v) is 16.0. The Bertz CT molecular complexity index is 1590. The zero-order chi connectivity index (χ0) is 32.2. The summed E-state index contributed by atoms with van der Waals surface area (Å²) < 4.78 is 39.0. The van der Waals surface area contributed by atoms with Crippen molar-refractivity contribution in [3.63, 3.8) is 0 Å². The van der Waals surface area contributed by atoms with Crippen LogP contribution >= 0.6 is 0 Å². The number of hydrogen-bond acceptors (Lipinski definition) is 8. The summed E-state index contributed by atoms with van der Waals surface area (Å²) in [6.45, 7) is 0.712. The van der Waals surface area contributed by atoms with Crippen LogP contribution in [0.2, 0.25) is 0 Å². The van der Waals surface area contributed by atoms with Gasteiger partial charge in [0, 0.05) is 18.7 Å². The molecule has 12 nitrogen and oxygen atoms in total. The third-order valence-corrected chi connectivity index (χ3v) is 8.82. The minimum atomic E-state index is -4.19. The van der Waals surface area contributed by atoms with Gasteiger partial charge in [-0.15, -0.1) is 0 Å². The molecule has 1 aliphatic rings. The van der Waals surface area contributed by atoms with Crippen molar-refractivity contribution < 1.29 is 32.3 Å². The number of carbonyl (C=O) groups is 3. The molecule has 0 aromatic heterocycles. The van der Waals surface area contributed by atoms with Crippen molar-refractivity contribution in [3.05, 3.63) is 78.4 Å². The summed E-state index contributed by atoms with van der Waals surface area (Å²) in [6.07, 6.45) is 6.88. The van der Waals surface area contributed by atoms with Gasteiger partial charge >= 0.3 is 0 Å². The van der Waals surface area contributed by atoms with E-state index in [4.69, 9.17) is 9.47 Å². The smallest absolute Gasteiger partial charge is 0.264 e. The van der Waals surface area contributed by atoms with Crippen molar-refractivity contribution in [3.8, 4) is 11.5 Å². The number of carbonyl (C=O) groups excluding carboxylic acids is 3. The Labute approximate surface area is 262 Å². The second kappa shape index (κ2) is 15.7. The minimum Gasteiger partial charge on any atom is -0.497 e. The van der Waals surface area contributed by atoms with Gasteiger partial charge in [-0.1, -0.05) is 19.3 Å². The van der Waals surface area contributed by atoms with Crippen LogP contribution in [-0.4, -0.2) is 58.7 Å². The predicted octanol–water partition coefficient (Wildman–Crippen LogP) is 3.83. The Balaban J connectivity index is 1.37. The third-order valence-electron chi connectivity index (χ3n) is 7.03. The van der Waals surface area contributed by atoms with Gasteiger partial charge in [0.15, 0.2) is 6.61 Å². The molecule has 3 N–H and O–H groups in total. The van der Waals surface area contributed by atoms with Gasteiger partial charge in [0.1, 0.15) is 18.0 Å². The van der Waals surface area contributed by atoms with E-state index in [0.29, 0.717) is 22.7 Å². The molecule has 0 spiro atoms. The van der Waals surface area contributed by atoms with Crippen LogP contribution in [0.1, 0.15) is 44.6 Å². The molecule has 4 rings (SSSR count). The molecule has 1 fully saturated rings. The molecule has 0 aliphatic heterocycles. The van der Waals surface area contributed by atoms with Crippen molar-refractivity contribution in [2.24, 2.45) is 5.10 Å². The summed E-state index contributed by atoms with van der Waals surface area (Å²) >= 11 is 0. The van der Waals surface area contributed by atoms with Crippen LogP contribution in [0.4, 0.5) is 11.4 Å². The summed E-state index contributed by atoms with van der Waals surface area (Å²) in [5.41, 5.74) is 3.69. The molecular formula is C32H37N5O7S. The molecule has 0 atom stereocenters. The number of rotatable bonds is 13. The number of anilines is 2. The molecule has 45 heavy (non-hydrogen) atoms. The summed E-state index contributed by atoms with van der Waals surface area (Å²) in [4.78, 5) is 36.3. The molecule has 238 valence electrons. The monoisotopic (exact) mass is 635 g/mol. The molecular weight excluding hydrogens is 598 g/mol. The number of sulfonamides is 1. The molecule has 1 saturated carbocycles. The van der Waals surface area contributed by atoms with Gasteiger partial charge in [0.05, 0.1) is 23.9 Å². The summed E-state index contributed by atoms with van der Waals surface area (Å²) in [5, 5.41) is 9.57. The van der Waals surface area contributed by atoms with Crippen LogP contribution < -0.4 is 29.8 Å². The Morgan fingerprint density at radius 3 is 2.16 bits per heavy atom. The zero-order valence-corrected chi connectivity index (χ0v) is 26.0. The molecule has 1 aliphatic carbocycles. The van der Waals surface area contributed by atoms with E-state index in [2.05, 4.69) is 21.2 Å². The van der Waals surface area contributed by atoms with Crippen molar-refractivity contribution in [2.75, 3.05) is 29.9 Å². The van der Waals surface area contributed by atoms with Crippen LogP contribution in [0.5, 0.6) is 11.5 Å². The average Bonchev–Trinajstić information content (AvgIpc) is 3.04. The van der Waals surface area contributed by atoms with Crippen LogP contribution in [0.25, 0.3) is 0 Å². The highest BCUT2D eigenvalue weighted by Gasteiger charge is 2.27. The lowest BCUT2D eigenvalue weighted by Gasteiger charge is -2.24. The number of methoxy groups -OCH3 is 1. The van der Waals surface area contributed by atoms with E-state index in [1.807, 2.05) is 0 Å². The first-order valence-electron chi connectivity index (χ1n) is 14.5. The average molecular weight is 636 g/mol. The minimum absolute atomic E-state index is 0.0718. The quantitative estimate of drug-likeness (QED) is 0.190. The first kappa shape index (κ1) is 33.0. The van der Waals surface area contributed by atoms with Crippen LogP contribution in [-0.2, 0) is 24.4 Å². The number of benzene rings is 3. The SMILES string of the molecule is COc1ccc(N(CC(=O)N/N=C\c2ccc(OCC(=O)NC3CCCCC3)cc2)S(=O)(=O)c2ccc(NC(C)=O)cc2)cc1. The van der Waals surface area contributed by atoms with E-state index in [1.54, 1.807) is 36.4 Å². The number of nitrogens with one attached hydrogen (secondary N) is 3. The topological polar surface area (TPSA) is 155 Å². The summed E-state index contributed by atoms with van der Waals surface area (Å²) in [6, 6.07) is 18.9. The lowest BCUT2D eigenvalue weighted by molar-refractivity contribution is -0.124. The van der Waals surface area contributed by atoms with Gasteiger partial charge in [-0.3, -0.25) is 18.7 Å². The zero-order valence-electron chi connectivity index (χ0n) is 25.2. The molecule has 3 aromatic rings. The Kier molecular flexibility index (Phi) is 11.5. The fourth-order valence-electron chi connectivity index (χ4n) is 4.76. The van der Waals surface area contributed by atoms with Crippen LogP contribution in [0, 0.1) is 0 Å². The number of hydrazone groups is 1. The van der Waals surface area contributed by atoms with Crippen molar-refractivity contribution in [1.29, 1.82) is 0 Å². The van der Waals surface area contributed by atoms with Crippen LogP contribution in [0.3, 0.4) is 0 Å². The maximum atomic E-state index is 13.6. The van der Waals surface area contributed by atoms with E-state index in [-0.39, 0.29) is 35.0 Å². The van der Waals surface area contributed by atoms with Crippen LogP contribution in [0.15, 0.2) is 82.8 Å². The molecule has 0 heterocycles. The van der Waals surface area contributed by atoms with Crippen molar-refractivity contribution >= 4 is 45.3 Å². The second-order valence-corrected chi connectivity index (χ2v) is 12.3. The van der Waals surface area contributed by atoms with E-state index >= 15 is 0 Å². The van der Waals surface area contributed by atoms with Crippen molar-refractivity contribution in [2.45, 2.75) is 50.0 Å². The first-order chi connectivity index (χ1) is 21.6. The van der Waals surface area contributed by atoms with Gasteiger partial charge < -0.3 is 20.1 Å². The Morgan fingerprint density at radius 1 is 0.889 bits per heavy atom. The van der Waals surface area contributed by atoms with E-state index in [1.165, 1.54) is 63.1 Å². The fraction of sp³-hybridized carbons (Fsp3) is 0.312. The van der Waals surface area contributed by atoms with E-state index in [0.717, 1.165) is 30.0 Å². The van der Waals surface area contributed by atoms with E-state index < -0.39 is 22.5 Å². The van der Waals surface area contributed by atoms with E-state index in [9.17, 15) is 22.8 Å². The Hall–Kier alpha value is -4.91. The fourth-order valence-corrected chi connectivity index (χ4v) is 6.19. The summed E-state index contributed by atoms with van der Waals surface area (Å²) in [7, 11) is -2.70.